The molecule has 0 spiro atoms. The molecule has 0 aromatic rings. The Balaban J connectivity index is 2.56. The molecular weight excluding hydrogens is 138 g/mol. The molecule has 2 atom stereocenters. The molecule has 2 unspecified atom stereocenters. The molecule has 0 saturated heterocycles. The van der Waals surface area contributed by atoms with E-state index in [2.05, 4.69) is 11.4 Å². The highest BCUT2D eigenvalue weighted by Crippen LogP contribution is 2.42. The van der Waals surface area contributed by atoms with E-state index in [1.165, 1.54) is 0 Å². The van der Waals surface area contributed by atoms with Crippen LogP contribution in [-0.4, -0.2) is 11.8 Å². The number of hydrogen-bond donors (Lipinski definition) is 1. The first-order valence-corrected chi connectivity index (χ1v) is 3.13. The standard InChI is InChI=1S/C6H8ClNO/c1-2-5-3-6(5,4-9)8-7/h2,4-5,8H,1,3H2. The van der Waals surface area contributed by atoms with E-state index in [0.29, 0.717) is 0 Å². The molecule has 0 radical (unpaired) electrons. The first-order valence-electron chi connectivity index (χ1n) is 2.76. The van der Waals surface area contributed by atoms with E-state index < -0.39 is 5.54 Å². The van der Waals surface area contributed by atoms with Crippen LogP contribution in [0.25, 0.3) is 0 Å². The molecule has 1 N–H and O–H groups in total. The summed E-state index contributed by atoms with van der Waals surface area (Å²) in [5.74, 6) is 0.229. The summed E-state index contributed by atoms with van der Waals surface area (Å²) in [6.07, 6.45) is 3.36. The fourth-order valence-electron chi connectivity index (χ4n) is 0.865. The summed E-state index contributed by atoms with van der Waals surface area (Å²) in [7, 11) is 0. The van der Waals surface area contributed by atoms with E-state index in [0.717, 1.165) is 12.7 Å². The minimum absolute atomic E-state index is 0.229. The molecule has 0 heterocycles. The SMILES string of the molecule is C=CC1CC1(C=O)NCl. The second-order valence-corrected chi connectivity index (χ2v) is 2.49. The molecule has 9 heavy (non-hydrogen) atoms. The Kier molecular flexibility index (Phi) is 1.60. The summed E-state index contributed by atoms with van der Waals surface area (Å²) >= 11 is 5.30. The number of carbonyl (C=O) groups is 1. The van der Waals surface area contributed by atoms with Gasteiger partial charge in [0.15, 0.2) is 0 Å². The van der Waals surface area contributed by atoms with E-state index in [-0.39, 0.29) is 5.92 Å². The lowest BCUT2D eigenvalue weighted by molar-refractivity contribution is -0.110. The molecule has 1 aliphatic carbocycles. The second-order valence-electron chi connectivity index (χ2n) is 2.30. The zero-order valence-corrected chi connectivity index (χ0v) is 5.69. The maximum Gasteiger partial charge on any atom is 0.141 e. The summed E-state index contributed by atoms with van der Waals surface area (Å²) in [6, 6.07) is 0. The van der Waals surface area contributed by atoms with Crippen molar-refractivity contribution in [3.8, 4) is 0 Å². The van der Waals surface area contributed by atoms with Crippen LogP contribution in [0, 0.1) is 5.92 Å². The Morgan fingerprint density at radius 1 is 1.89 bits per heavy atom. The molecule has 1 aliphatic rings. The average Bonchev–Trinajstić information content (AvgIpc) is 2.63. The first kappa shape index (κ1) is 6.78. The van der Waals surface area contributed by atoms with Gasteiger partial charge in [0, 0.05) is 5.92 Å². The predicted molar refractivity (Wildman–Crippen MR) is 36.1 cm³/mol. The number of nitrogens with one attached hydrogen (secondary N) is 1. The van der Waals surface area contributed by atoms with Gasteiger partial charge in [-0.1, -0.05) is 6.08 Å². The summed E-state index contributed by atoms with van der Waals surface area (Å²) in [5.41, 5.74) is -0.483. The Hall–Kier alpha value is -0.340. The molecule has 1 saturated carbocycles. The van der Waals surface area contributed by atoms with Crippen LogP contribution in [0.3, 0.4) is 0 Å². The Labute approximate surface area is 59.0 Å². The van der Waals surface area contributed by atoms with E-state index in [1.54, 1.807) is 6.08 Å². The summed E-state index contributed by atoms with van der Waals surface area (Å²) in [4.78, 5) is 12.7. The molecule has 0 aromatic heterocycles. The molecule has 0 aliphatic heterocycles. The van der Waals surface area contributed by atoms with Gasteiger partial charge in [-0.3, -0.25) is 0 Å². The van der Waals surface area contributed by atoms with Gasteiger partial charge in [-0.15, -0.1) is 6.58 Å². The van der Waals surface area contributed by atoms with Gasteiger partial charge in [0.2, 0.25) is 0 Å². The van der Waals surface area contributed by atoms with Crippen molar-refractivity contribution in [1.29, 1.82) is 0 Å². The van der Waals surface area contributed by atoms with Crippen LogP contribution in [0.15, 0.2) is 12.7 Å². The fraction of sp³-hybridized carbons (Fsp3) is 0.500. The van der Waals surface area contributed by atoms with Gasteiger partial charge in [-0.2, -0.15) is 0 Å². The normalized spacial score (nSPS) is 39.9. The largest absolute Gasteiger partial charge is 0.301 e. The maximum atomic E-state index is 10.3. The molecule has 1 fully saturated rings. The summed E-state index contributed by atoms with van der Waals surface area (Å²) in [6.45, 7) is 3.56. The van der Waals surface area contributed by atoms with Gasteiger partial charge >= 0.3 is 0 Å². The van der Waals surface area contributed by atoms with Crippen molar-refractivity contribution in [3.05, 3.63) is 12.7 Å². The third-order valence-corrected chi connectivity index (χ3v) is 2.08. The zero-order chi connectivity index (χ0) is 6.91. The number of hydrogen-bond acceptors (Lipinski definition) is 2. The molecule has 50 valence electrons. The molecule has 0 amide bonds. The highest BCUT2D eigenvalue weighted by molar-refractivity contribution is 6.15. The number of rotatable bonds is 3. The van der Waals surface area contributed by atoms with Crippen LogP contribution >= 0.6 is 11.8 Å². The Morgan fingerprint density at radius 3 is 2.67 bits per heavy atom. The van der Waals surface area contributed by atoms with Crippen molar-refractivity contribution in [1.82, 2.24) is 4.84 Å². The maximum absolute atomic E-state index is 10.3. The molecule has 2 nitrogen and oxygen atoms in total. The topological polar surface area (TPSA) is 29.1 Å². The van der Waals surface area contributed by atoms with Crippen molar-refractivity contribution < 1.29 is 4.79 Å². The predicted octanol–water partition coefficient (Wildman–Crippen LogP) is 0.873. The minimum atomic E-state index is -0.483. The van der Waals surface area contributed by atoms with E-state index in [1.807, 2.05) is 0 Å². The van der Waals surface area contributed by atoms with E-state index in [9.17, 15) is 4.79 Å². The lowest BCUT2D eigenvalue weighted by Gasteiger charge is -2.00. The zero-order valence-electron chi connectivity index (χ0n) is 4.93. The van der Waals surface area contributed by atoms with Crippen molar-refractivity contribution >= 4 is 18.1 Å². The number of aldehydes is 1. The molecule has 0 bridgehead atoms. The summed E-state index contributed by atoms with van der Waals surface area (Å²) < 4.78 is 0. The van der Waals surface area contributed by atoms with Crippen LogP contribution in [-0.2, 0) is 4.79 Å². The van der Waals surface area contributed by atoms with Gasteiger partial charge in [0.25, 0.3) is 0 Å². The third kappa shape index (κ3) is 0.884. The summed E-state index contributed by atoms with van der Waals surface area (Å²) in [5, 5.41) is 0. The van der Waals surface area contributed by atoms with Crippen molar-refractivity contribution in [2.24, 2.45) is 5.92 Å². The number of carbonyl (C=O) groups excluding carboxylic acids is 1. The first-order chi connectivity index (χ1) is 4.29. The monoisotopic (exact) mass is 145 g/mol. The van der Waals surface area contributed by atoms with Gasteiger partial charge in [-0.05, 0) is 18.2 Å². The molecule has 0 aromatic carbocycles. The van der Waals surface area contributed by atoms with Crippen LogP contribution in [0.4, 0.5) is 0 Å². The highest BCUT2D eigenvalue weighted by atomic mass is 35.5. The average molecular weight is 146 g/mol. The fourth-order valence-corrected chi connectivity index (χ4v) is 1.13. The van der Waals surface area contributed by atoms with Crippen LogP contribution < -0.4 is 4.84 Å². The smallest absolute Gasteiger partial charge is 0.141 e. The van der Waals surface area contributed by atoms with Gasteiger partial charge in [0.1, 0.15) is 6.29 Å². The van der Waals surface area contributed by atoms with Crippen LogP contribution in [0.1, 0.15) is 6.42 Å². The van der Waals surface area contributed by atoms with Crippen molar-refractivity contribution in [3.63, 3.8) is 0 Å². The number of halogens is 1. The van der Waals surface area contributed by atoms with Crippen molar-refractivity contribution in [2.75, 3.05) is 0 Å². The Bertz CT molecular complexity index is 148. The quantitative estimate of drug-likeness (QED) is 0.363. The van der Waals surface area contributed by atoms with Gasteiger partial charge < -0.3 is 4.79 Å². The molecular formula is C6H8ClNO. The third-order valence-electron chi connectivity index (χ3n) is 1.73. The second kappa shape index (κ2) is 2.12. The lowest BCUT2D eigenvalue weighted by atomic mass is 10.2. The van der Waals surface area contributed by atoms with Gasteiger partial charge in [0.05, 0.1) is 5.54 Å². The van der Waals surface area contributed by atoms with E-state index >= 15 is 0 Å². The molecule has 3 heteroatoms. The lowest BCUT2D eigenvalue weighted by Crippen LogP contribution is -2.26. The van der Waals surface area contributed by atoms with Crippen LogP contribution in [0.5, 0.6) is 0 Å². The molecule has 1 rings (SSSR count). The highest BCUT2D eigenvalue weighted by Gasteiger charge is 2.52. The van der Waals surface area contributed by atoms with E-state index in [4.69, 9.17) is 11.8 Å². The Morgan fingerprint density at radius 2 is 2.56 bits per heavy atom. The van der Waals surface area contributed by atoms with Crippen molar-refractivity contribution in [2.45, 2.75) is 12.0 Å². The van der Waals surface area contributed by atoms with Crippen LogP contribution in [0.2, 0.25) is 0 Å². The van der Waals surface area contributed by atoms with Gasteiger partial charge in [-0.25, -0.2) is 4.84 Å². The minimum Gasteiger partial charge on any atom is -0.301 e.